The van der Waals surface area contributed by atoms with Crippen LogP contribution >= 0.6 is 11.6 Å². The summed E-state index contributed by atoms with van der Waals surface area (Å²) in [7, 11) is 0. The number of fused-ring (bicyclic) bond motifs is 3. The molecule has 0 aliphatic carbocycles. The predicted molar refractivity (Wildman–Crippen MR) is 106 cm³/mol. The third-order valence-electron chi connectivity index (χ3n) is 4.47. The number of carbonyl (C=O) groups excluding carboxylic acids is 2. The number of hydrogen-bond acceptors (Lipinski definition) is 4. The van der Waals surface area contributed by atoms with Crippen LogP contribution in [0.3, 0.4) is 0 Å². The molecule has 1 aliphatic rings. The molecule has 27 heavy (non-hydrogen) atoms. The van der Waals surface area contributed by atoms with Crippen molar-refractivity contribution in [1.82, 2.24) is 5.48 Å². The number of alkyl halides is 1. The number of hydrogen-bond donors (Lipinski definition) is 1. The lowest BCUT2D eigenvalue weighted by Gasteiger charge is -2.25. The second-order valence-corrected chi connectivity index (χ2v) is 7.89. The van der Waals surface area contributed by atoms with Crippen molar-refractivity contribution in [3.05, 3.63) is 35.4 Å². The lowest BCUT2D eigenvalue weighted by molar-refractivity contribution is -0.115. The van der Waals surface area contributed by atoms with Crippen LogP contribution in [0.25, 0.3) is 10.8 Å². The molecule has 0 bridgehead atoms. The first-order chi connectivity index (χ1) is 12.8. The standard InChI is InChI=1S/C20H23ClN2O4/c1-12-6-5-7-14-17(12)16(27-22-11-24)8-15-18(14)13(9-21)10-23(15)19(25)26-20(2,3)4/h5-8,11,13H,9-10H2,1-4H3,(H,22,24). The number of ether oxygens (including phenoxy) is 1. The van der Waals surface area contributed by atoms with Crippen LogP contribution in [0.1, 0.15) is 37.8 Å². The fourth-order valence-electron chi connectivity index (χ4n) is 3.48. The maximum Gasteiger partial charge on any atom is 0.414 e. The largest absolute Gasteiger partial charge is 0.443 e. The van der Waals surface area contributed by atoms with Gasteiger partial charge in [0.1, 0.15) is 5.60 Å². The quantitative estimate of drug-likeness (QED) is 0.481. The van der Waals surface area contributed by atoms with Gasteiger partial charge in [-0.2, -0.15) is 5.48 Å². The molecule has 1 atom stereocenters. The van der Waals surface area contributed by atoms with E-state index in [-0.39, 0.29) is 5.92 Å². The molecule has 2 amide bonds. The Hall–Kier alpha value is -2.47. The number of amides is 2. The maximum absolute atomic E-state index is 12.8. The van der Waals surface area contributed by atoms with Crippen LogP contribution in [0.15, 0.2) is 24.3 Å². The summed E-state index contributed by atoms with van der Waals surface area (Å²) in [5, 5.41) is 1.83. The molecular formula is C20H23ClN2O4. The number of nitrogens with one attached hydrogen (secondary N) is 1. The van der Waals surface area contributed by atoms with Gasteiger partial charge in [-0.25, -0.2) is 4.79 Å². The minimum Gasteiger partial charge on any atom is -0.443 e. The van der Waals surface area contributed by atoms with Crippen LogP contribution < -0.4 is 15.2 Å². The van der Waals surface area contributed by atoms with Gasteiger partial charge in [0.25, 0.3) is 0 Å². The number of aryl methyl sites for hydroxylation is 1. The van der Waals surface area contributed by atoms with Crippen molar-refractivity contribution in [3.63, 3.8) is 0 Å². The van der Waals surface area contributed by atoms with Gasteiger partial charge in [-0.3, -0.25) is 9.69 Å². The van der Waals surface area contributed by atoms with Gasteiger partial charge in [-0.15, -0.1) is 11.6 Å². The summed E-state index contributed by atoms with van der Waals surface area (Å²) in [5.74, 6) is 0.826. The molecule has 0 fully saturated rings. The fraction of sp³-hybridized carbons (Fsp3) is 0.400. The highest BCUT2D eigenvalue weighted by Crippen LogP contribution is 2.46. The molecule has 6 nitrogen and oxygen atoms in total. The summed E-state index contributed by atoms with van der Waals surface area (Å²) >= 11 is 6.23. The highest BCUT2D eigenvalue weighted by Gasteiger charge is 2.37. The SMILES string of the molecule is Cc1cccc2c3c(cc(ONC=O)c12)N(C(=O)OC(C)(C)C)CC3CCl. The number of nitrogens with zero attached hydrogens (tertiary/aromatic N) is 1. The highest BCUT2D eigenvalue weighted by atomic mass is 35.5. The molecule has 0 radical (unpaired) electrons. The summed E-state index contributed by atoms with van der Waals surface area (Å²) in [4.78, 5) is 30.5. The topological polar surface area (TPSA) is 67.9 Å². The molecule has 7 heteroatoms. The molecule has 1 heterocycles. The molecule has 0 saturated carbocycles. The van der Waals surface area contributed by atoms with E-state index >= 15 is 0 Å². The Labute approximate surface area is 163 Å². The molecule has 2 aromatic carbocycles. The van der Waals surface area contributed by atoms with Crippen molar-refractivity contribution in [3.8, 4) is 5.75 Å². The third-order valence-corrected chi connectivity index (χ3v) is 4.84. The van der Waals surface area contributed by atoms with Gasteiger partial charge in [0, 0.05) is 29.8 Å². The molecule has 1 unspecified atom stereocenters. The predicted octanol–water partition coefficient (Wildman–Crippen LogP) is 4.27. The van der Waals surface area contributed by atoms with Crippen LogP contribution in [-0.2, 0) is 9.53 Å². The first kappa shape index (κ1) is 19.3. The fourth-order valence-corrected chi connectivity index (χ4v) is 3.73. The van der Waals surface area contributed by atoms with E-state index in [0.717, 1.165) is 21.9 Å². The van der Waals surface area contributed by atoms with Gasteiger partial charge in [0.2, 0.25) is 6.41 Å². The summed E-state index contributed by atoms with van der Waals surface area (Å²) in [6, 6.07) is 7.67. The minimum absolute atomic E-state index is 0.0217. The first-order valence-corrected chi connectivity index (χ1v) is 9.29. The van der Waals surface area contributed by atoms with E-state index in [1.54, 1.807) is 11.0 Å². The molecule has 0 aromatic heterocycles. The van der Waals surface area contributed by atoms with E-state index in [0.29, 0.717) is 30.3 Å². The highest BCUT2D eigenvalue weighted by molar-refractivity contribution is 6.19. The maximum atomic E-state index is 12.8. The zero-order valence-electron chi connectivity index (χ0n) is 15.8. The zero-order chi connectivity index (χ0) is 19.8. The first-order valence-electron chi connectivity index (χ1n) is 8.75. The van der Waals surface area contributed by atoms with E-state index in [1.807, 2.05) is 45.9 Å². The van der Waals surface area contributed by atoms with Crippen molar-refractivity contribution < 1.29 is 19.2 Å². The summed E-state index contributed by atoms with van der Waals surface area (Å²) in [6.07, 6.45) is 0.0301. The van der Waals surface area contributed by atoms with E-state index < -0.39 is 11.7 Å². The normalized spacial score (nSPS) is 16.2. The van der Waals surface area contributed by atoms with Crippen LogP contribution in [0.4, 0.5) is 10.5 Å². The number of carbonyl (C=O) groups is 2. The van der Waals surface area contributed by atoms with Crippen LogP contribution in [-0.4, -0.2) is 30.5 Å². The smallest absolute Gasteiger partial charge is 0.414 e. The summed E-state index contributed by atoms with van der Waals surface area (Å²) in [6.45, 7) is 7.88. The van der Waals surface area contributed by atoms with Crippen molar-refractivity contribution >= 4 is 40.6 Å². The molecule has 0 spiro atoms. The molecular weight excluding hydrogens is 368 g/mol. The van der Waals surface area contributed by atoms with Gasteiger partial charge < -0.3 is 9.57 Å². The Morgan fingerprint density at radius 1 is 1.41 bits per heavy atom. The monoisotopic (exact) mass is 390 g/mol. The summed E-state index contributed by atoms with van der Waals surface area (Å²) < 4.78 is 5.56. The minimum atomic E-state index is -0.609. The number of halogens is 1. The van der Waals surface area contributed by atoms with E-state index in [9.17, 15) is 9.59 Å². The Bertz CT molecular complexity index is 892. The lowest BCUT2D eigenvalue weighted by Crippen LogP contribution is -2.36. The lowest BCUT2D eigenvalue weighted by atomic mass is 9.93. The Morgan fingerprint density at radius 3 is 2.78 bits per heavy atom. The van der Waals surface area contributed by atoms with Crippen LogP contribution in [0.5, 0.6) is 5.75 Å². The van der Waals surface area contributed by atoms with Crippen LogP contribution in [0, 0.1) is 6.92 Å². The Kier molecular flexibility index (Phi) is 5.20. The van der Waals surface area contributed by atoms with Crippen molar-refractivity contribution in [2.24, 2.45) is 0 Å². The Balaban J connectivity index is 2.19. The van der Waals surface area contributed by atoms with Gasteiger partial charge in [-0.1, -0.05) is 18.2 Å². The van der Waals surface area contributed by atoms with Gasteiger partial charge >= 0.3 is 6.09 Å². The van der Waals surface area contributed by atoms with Gasteiger partial charge in [0.15, 0.2) is 5.75 Å². The second kappa shape index (κ2) is 7.27. The van der Waals surface area contributed by atoms with E-state index in [1.165, 1.54) is 0 Å². The zero-order valence-corrected chi connectivity index (χ0v) is 16.6. The summed E-state index contributed by atoms with van der Waals surface area (Å²) in [5.41, 5.74) is 4.32. The van der Waals surface area contributed by atoms with Crippen LogP contribution in [0.2, 0.25) is 0 Å². The number of benzene rings is 2. The molecule has 3 rings (SSSR count). The molecule has 0 saturated heterocycles. The molecule has 144 valence electrons. The number of anilines is 1. The number of hydroxylamine groups is 1. The van der Waals surface area contributed by atoms with Gasteiger partial charge in [-0.05, 0) is 44.2 Å². The van der Waals surface area contributed by atoms with Crippen molar-refractivity contribution in [2.75, 3.05) is 17.3 Å². The number of rotatable bonds is 4. The molecule has 1 N–H and O–H groups in total. The molecule has 1 aliphatic heterocycles. The van der Waals surface area contributed by atoms with Gasteiger partial charge in [0.05, 0.1) is 5.69 Å². The third kappa shape index (κ3) is 3.67. The van der Waals surface area contributed by atoms with E-state index in [4.69, 9.17) is 21.2 Å². The van der Waals surface area contributed by atoms with E-state index in [2.05, 4.69) is 5.48 Å². The second-order valence-electron chi connectivity index (χ2n) is 7.58. The van der Waals surface area contributed by atoms with Crippen molar-refractivity contribution in [2.45, 2.75) is 39.2 Å². The average Bonchev–Trinajstić information content (AvgIpc) is 2.97. The molecule has 2 aromatic rings. The Morgan fingerprint density at radius 2 is 2.15 bits per heavy atom. The average molecular weight is 391 g/mol. The van der Waals surface area contributed by atoms with Crippen molar-refractivity contribution in [1.29, 1.82) is 0 Å².